The first-order valence-corrected chi connectivity index (χ1v) is 4.98. The number of nitrogens with one attached hydrogen (secondary N) is 1. The molecule has 2 N–H and O–H groups in total. The van der Waals surface area contributed by atoms with Gasteiger partial charge in [0.2, 0.25) is 0 Å². The van der Waals surface area contributed by atoms with Crippen LogP contribution in [0.5, 0.6) is 5.75 Å². The fourth-order valence-electron chi connectivity index (χ4n) is 1.64. The second-order valence-electron chi connectivity index (χ2n) is 3.70. The van der Waals surface area contributed by atoms with Crippen molar-refractivity contribution in [2.75, 3.05) is 6.54 Å². The van der Waals surface area contributed by atoms with Gasteiger partial charge in [0.25, 0.3) is 0 Å². The van der Waals surface area contributed by atoms with Gasteiger partial charge in [-0.15, -0.1) is 13.2 Å². The van der Waals surface area contributed by atoms with Crippen LogP contribution in [0.2, 0.25) is 0 Å². The van der Waals surface area contributed by atoms with Crippen LogP contribution in [0.15, 0.2) is 24.3 Å². The number of ether oxygens (including phenoxy) is 1. The van der Waals surface area contributed by atoms with E-state index in [4.69, 9.17) is 5.21 Å². The third-order valence-corrected chi connectivity index (χ3v) is 2.38. The molecule has 0 radical (unpaired) electrons. The number of hydroxylamine groups is 2. The molecule has 1 aliphatic heterocycles. The van der Waals surface area contributed by atoms with E-state index in [-0.39, 0.29) is 12.3 Å². The Hall–Kier alpha value is -1.96. The molecule has 1 heterocycles. The number of carbonyl (C=O) groups excluding carboxylic acids is 1. The number of rotatable bonds is 2. The van der Waals surface area contributed by atoms with E-state index in [1.54, 1.807) is 0 Å². The fraction of sp³-hybridized carbons (Fsp3) is 0.300. The van der Waals surface area contributed by atoms with Crippen molar-refractivity contribution in [1.29, 1.82) is 0 Å². The zero-order valence-corrected chi connectivity index (χ0v) is 8.94. The zero-order valence-electron chi connectivity index (χ0n) is 8.94. The Bertz CT molecular complexity index is 464. The first-order chi connectivity index (χ1) is 8.35. The average molecular weight is 262 g/mol. The first-order valence-electron chi connectivity index (χ1n) is 4.98. The van der Waals surface area contributed by atoms with E-state index in [2.05, 4.69) is 10.1 Å². The summed E-state index contributed by atoms with van der Waals surface area (Å²) in [6, 6.07) is 3.97. The molecule has 1 aliphatic rings. The minimum absolute atomic E-state index is 0.0334. The number of nitrogens with zero attached hydrogens (tertiary/aromatic N) is 1. The lowest BCUT2D eigenvalue weighted by molar-refractivity contribution is -0.274. The highest BCUT2D eigenvalue weighted by molar-refractivity contribution is 5.75. The molecule has 0 saturated carbocycles. The second kappa shape index (κ2) is 4.37. The van der Waals surface area contributed by atoms with Crippen LogP contribution < -0.4 is 10.1 Å². The van der Waals surface area contributed by atoms with Crippen molar-refractivity contribution in [3.8, 4) is 5.75 Å². The third kappa shape index (κ3) is 2.83. The Morgan fingerprint density at radius 3 is 2.72 bits per heavy atom. The summed E-state index contributed by atoms with van der Waals surface area (Å²) < 4.78 is 39.9. The van der Waals surface area contributed by atoms with Gasteiger partial charge in [0.05, 0.1) is 12.6 Å². The van der Waals surface area contributed by atoms with Gasteiger partial charge in [-0.1, -0.05) is 12.1 Å². The molecule has 5 nitrogen and oxygen atoms in total. The molecule has 1 unspecified atom stereocenters. The van der Waals surface area contributed by atoms with Gasteiger partial charge in [0, 0.05) is 0 Å². The van der Waals surface area contributed by atoms with E-state index in [0.29, 0.717) is 10.6 Å². The van der Waals surface area contributed by atoms with Gasteiger partial charge < -0.3 is 10.1 Å². The lowest BCUT2D eigenvalue weighted by atomic mass is 10.1. The van der Waals surface area contributed by atoms with Gasteiger partial charge in [0.15, 0.2) is 0 Å². The van der Waals surface area contributed by atoms with Crippen molar-refractivity contribution >= 4 is 6.03 Å². The van der Waals surface area contributed by atoms with E-state index in [0.717, 1.165) is 12.1 Å². The maximum atomic E-state index is 12.0. The monoisotopic (exact) mass is 262 g/mol. The van der Waals surface area contributed by atoms with E-state index >= 15 is 0 Å². The Balaban J connectivity index is 2.15. The molecule has 0 aliphatic carbocycles. The Morgan fingerprint density at radius 1 is 1.44 bits per heavy atom. The summed E-state index contributed by atoms with van der Waals surface area (Å²) in [6.07, 6.45) is -4.76. The molecular weight excluding hydrogens is 253 g/mol. The Morgan fingerprint density at radius 2 is 2.17 bits per heavy atom. The number of amides is 2. The highest BCUT2D eigenvalue weighted by Crippen LogP contribution is 2.27. The number of halogens is 3. The number of hydrogen-bond acceptors (Lipinski definition) is 3. The van der Waals surface area contributed by atoms with Crippen LogP contribution in [0.25, 0.3) is 0 Å². The van der Waals surface area contributed by atoms with E-state index in [9.17, 15) is 18.0 Å². The quantitative estimate of drug-likeness (QED) is 0.802. The van der Waals surface area contributed by atoms with Crippen molar-refractivity contribution < 1.29 is 27.9 Å². The summed E-state index contributed by atoms with van der Waals surface area (Å²) in [6.45, 7) is -0.0334. The van der Waals surface area contributed by atoms with Crippen LogP contribution in [0.3, 0.4) is 0 Å². The molecule has 2 rings (SSSR count). The summed E-state index contributed by atoms with van der Waals surface area (Å²) in [4.78, 5) is 11.0. The molecule has 2 amide bonds. The molecule has 98 valence electrons. The molecule has 18 heavy (non-hydrogen) atoms. The standard InChI is InChI=1S/C10H9F3N2O3/c11-10(12,13)18-7-3-1-2-6(4-7)8-5-15(17)9(16)14-8/h1-4,8,17H,5H2,(H,14,16). The Kier molecular flexibility index (Phi) is 3.04. The van der Waals surface area contributed by atoms with Crippen molar-refractivity contribution in [2.45, 2.75) is 12.4 Å². The minimum Gasteiger partial charge on any atom is -0.406 e. The normalized spacial score (nSPS) is 19.9. The van der Waals surface area contributed by atoms with Crippen molar-refractivity contribution in [3.05, 3.63) is 29.8 Å². The van der Waals surface area contributed by atoms with Gasteiger partial charge in [-0.3, -0.25) is 5.21 Å². The zero-order chi connectivity index (χ0) is 13.3. The molecule has 1 aromatic rings. The van der Waals surface area contributed by atoms with E-state index < -0.39 is 18.4 Å². The van der Waals surface area contributed by atoms with Crippen molar-refractivity contribution in [1.82, 2.24) is 10.4 Å². The molecule has 1 atom stereocenters. The van der Waals surface area contributed by atoms with Crippen LogP contribution in [0.1, 0.15) is 11.6 Å². The van der Waals surface area contributed by atoms with Crippen LogP contribution in [-0.2, 0) is 0 Å². The summed E-state index contributed by atoms with van der Waals surface area (Å²) >= 11 is 0. The van der Waals surface area contributed by atoms with Crippen LogP contribution in [0.4, 0.5) is 18.0 Å². The van der Waals surface area contributed by atoms with Crippen LogP contribution >= 0.6 is 0 Å². The minimum atomic E-state index is -4.76. The van der Waals surface area contributed by atoms with Crippen molar-refractivity contribution in [2.24, 2.45) is 0 Å². The van der Waals surface area contributed by atoms with Gasteiger partial charge in [0.1, 0.15) is 5.75 Å². The number of carbonyl (C=O) groups is 1. The van der Waals surface area contributed by atoms with Gasteiger partial charge in [-0.2, -0.15) is 0 Å². The molecule has 0 spiro atoms. The number of hydrogen-bond donors (Lipinski definition) is 2. The second-order valence-corrected chi connectivity index (χ2v) is 3.70. The van der Waals surface area contributed by atoms with E-state index in [1.807, 2.05) is 0 Å². The number of alkyl halides is 3. The molecule has 0 bridgehead atoms. The maximum absolute atomic E-state index is 12.0. The van der Waals surface area contributed by atoms with Crippen LogP contribution in [0, 0.1) is 0 Å². The molecule has 8 heteroatoms. The SMILES string of the molecule is O=C1NC(c2cccc(OC(F)(F)F)c2)CN1O. The predicted octanol–water partition coefficient (Wildman–Crippen LogP) is 2.04. The fourth-order valence-corrected chi connectivity index (χ4v) is 1.64. The highest BCUT2D eigenvalue weighted by Gasteiger charge is 2.32. The first kappa shape index (κ1) is 12.5. The molecular formula is C10H9F3N2O3. The maximum Gasteiger partial charge on any atom is 0.573 e. The predicted molar refractivity (Wildman–Crippen MR) is 52.9 cm³/mol. The molecule has 1 fully saturated rings. The Labute approximate surface area is 99.7 Å². The van der Waals surface area contributed by atoms with Gasteiger partial charge in [-0.05, 0) is 17.7 Å². The summed E-state index contributed by atoms with van der Waals surface area (Å²) in [5.74, 6) is -0.370. The van der Waals surface area contributed by atoms with Crippen LogP contribution in [-0.4, -0.2) is 29.2 Å². The molecule has 1 aromatic carbocycles. The number of urea groups is 1. The summed E-state index contributed by atoms with van der Waals surface area (Å²) in [5, 5.41) is 12.0. The molecule has 1 saturated heterocycles. The largest absolute Gasteiger partial charge is 0.573 e. The van der Waals surface area contributed by atoms with Gasteiger partial charge >= 0.3 is 12.4 Å². The average Bonchev–Trinajstić information content (AvgIpc) is 2.57. The smallest absolute Gasteiger partial charge is 0.406 e. The lowest BCUT2D eigenvalue weighted by Crippen LogP contribution is -2.24. The lowest BCUT2D eigenvalue weighted by Gasteiger charge is -2.12. The topological polar surface area (TPSA) is 61.8 Å². The molecule has 0 aromatic heterocycles. The highest BCUT2D eigenvalue weighted by atomic mass is 19.4. The van der Waals surface area contributed by atoms with Crippen molar-refractivity contribution in [3.63, 3.8) is 0 Å². The summed E-state index contributed by atoms with van der Waals surface area (Å²) in [7, 11) is 0. The third-order valence-electron chi connectivity index (χ3n) is 2.38. The summed E-state index contributed by atoms with van der Waals surface area (Å²) in [5.41, 5.74) is 0.418. The van der Waals surface area contributed by atoms with E-state index in [1.165, 1.54) is 12.1 Å². The number of benzene rings is 1. The van der Waals surface area contributed by atoms with Gasteiger partial charge in [-0.25, -0.2) is 9.86 Å².